The van der Waals surface area contributed by atoms with Crippen molar-refractivity contribution in [3.8, 4) is 0 Å². The first-order valence-electron chi connectivity index (χ1n) is 4.72. The average molecular weight is 202 g/mol. The van der Waals surface area contributed by atoms with Gasteiger partial charge in [-0.2, -0.15) is 0 Å². The van der Waals surface area contributed by atoms with Gasteiger partial charge in [0.2, 0.25) is 5.96 Å². The molecular weight excluding hydrogens is 180 g/mol. The standard InChI is InChI=1S/C9H22N4O/c1-9(2,5-6-14-4)7-12-8(11-3)13-10/h5-7,10H2,1-4H3,(H2,11,12,13). The Morgan fingerprint density at radius 2 is 2.14 bits per heavy atom. The van der Waals surface area contributed by atoms with E-state index < -0.39 is 0 Å². The Hall–Kier alpha value is -0.810. The van der Waals surface area contributed by atoms with Crippen molar-refractivity contribution < 1.29 is 4.74 Å². The molecule has 0 saturated carbocycles. The topological polar surface area (TPSA) is 71.7 Å². The number of hydrogen-bond acceptors (Lipinski definition) is 3. The summed E-state index contributed by atoms with van der Waals surface area (Å²) in [6.07, 6.45) is 0.998. The highest BCUT2D eigenvalue weighted by Gasteiger charge is 2.17. The van der Waals surface area contributed by atoms with Crippen LogP contribution in [0.25, 0.3) is 0 Å². The van der Waals surface area contributed by atoms with Crippen molar-refractivity contribution in [1.82, 2.24) is 10.7 Å². The van der Waals surface area contributed by atoms with Crippen LogP contribution in [0.1, 0.15) is 20.3 Å². The smallest absolute Gasteiger partial charge is 0.205 e. The van der Waals surface area contributed by atoms with Gasteiger partial charge in [0.1, 0.15) is 0 Å². The monoisotopic (exact) mass is 202 g/mol. The summed E-state index contributed by atoms with van der Waals surface area (Å²) >= 11 is 0. The molecule has 84 valence electrons. The molecule has 0 bridgehead atoms. The van der Waals surface area contributed by atoms with Crippen LogP contribution in [0, 0.1) is 5.41 Å². The molecule has 0 aromatic carbocycles. The van der Waals surface area contributed by atoms with Gasteiger partial charge in [-0.15, -0.1) is 0 Å². The molecule has 0 aromatic heterocycles. The summed E-state index contributed by atoms with van der Waals surface area (Å²) in [5.74, 6) is 5.85. The lowest BCUT2D eigenvalue weighted by Crippen LogP contribution is -2.45. The van der Waals surface area contributed by atoms with Crippen molar-refractivity contribution in [2.24, 2.45) is 16.3 Å². The van der Waals surface area contributed by atoms with Crippen molar-refractivity contribution >= 4 is 5.96 Å². The summed E-state index contributed by atoms with van der Waals surface area (Å²) in [5, 5.41) is 3.13. The summed E-state index contributed by atoms with van der Waals surface area (Å²) in [6.45, 7) is 5.92. The number of nitrogens with zero attached hydrogens (tertiary/aromatic N) is 1. The lowest BCUT2D eigenvalue weighted by atomic mass is 9.90. The average Bonchev–Trinajstić information content (AvgIpc) is 2.16. The predicted molar refractivity (Wildman–Crippen MR) is 59.0 cm³/mol. The fraction of sp³-hybridized carbons (Fsp3) is 0.889. The molecule has 4 N–H and O–H groups in total. The van der Waals surface area contributed by atoms with Gasteiger partial charge in [0.25, 0.3) is 0 Å². The highest BCUT2D eigenvalue weighted by Crippen LogP contribution is 2.18. The molecule has 0 aromatic rings. The maximum atomic E-state index is 5.24. The number of guanidine groups is 1. The van der Waals surface area contributed by atoms with Crippen LogP contribution in [-0.2, 0) is 4.74 Å². The lowest BCUT2D eigenvalue weighted by Gasteiger charge is -2.25. The molecule has 0 amide bonds. The Balaban J connectivity index is 3.85. The van der Waals surface area contributed by atoms with Gasteiger partial charge in [-0.05, 0) is 11.8 Å². The van der Waals surface area contributed by atoms with Gasteiger partial charge < -0.3 is 10.1 Å². The van der Waals surface area contributed by atoms with Crippen LogP contribution in [-0.4, -0.2) is 33.3 Å². The highest BCUT2D eigenvalue weighted by atomic mass is 16.5. The van der Waals surface area contributed by atoms with E-state index in [2.05, 4.69) is 29.6 Å². The molecule has 0 rings (SSSR count). The number of nitrogens with two attached hydrogens (primary N) is 1. The van der Waals surface area contributed by atoms with E-state index in [4.69, 9.17) is 10.6 Å². The van der Waals surface area contributed by atoms with Gasteiger partial charge in [-0.25, -0.2) is 5.84 Å². The zero-order valence-corrected chi connectivity index (χ0v) is 9.55. The molecule has 0 fully saturated rings. The summed E-state index contributed by atoms with van der Waals surface area (Å²) in [4.78, 5) is 3.93. The number of methoxy groups -OCH3 is 1. The van der Waals surface area contributed by atoms with Crippen LogP contribution in [0.5, 0.6) is 0 Å². The Labute approximate surface area is 86.1 Å². The fourth-order valence-electron chi connectivity index (χ4n) is 0.984. The molecule has 0 unspecified atom stereocenters. The SMILES string of the molecule is CN=C(NN)NCC(C)(C)CCOC. The molecule has 14 heavy (non-hydrogen) atoms. The number of ether oxygens (including phenoxy) is 1. The second kappa shape index (κ2) is 6.62. The van der Waals surface area contributed by atoms with Gasteiger partial charge >= 0.3 is 0 Å². The first-order chi connectivity index (χ1) is 6.55. The molecular formula is C9H22N4O. The number of hydrazine groups is 1. The molecule has 0 radical (unpaired) electrons. The zero-order valence-electron chi connectivity index (χ0n) is 9.55. The molecule has 0 saturated heterocycles. The van der Waals surface area contributed by atoms with Gasteiger partial charge in [-0.3, -0.25) is 10.4 Å². The molecule has 0 heterocycles. The first kappa shape index (κ1) is 13.2. The van der Waals surface area contributed by atoms with E-state index in [-0.39, 0.29) is 5.41 Å². The predicted octanol–water partition coefficient (Wildman–Crippen LogP) is 0.0878. The van der Waals surface area contributed by atoms with Crippen LogP contribution in [0.2, 0.25) is 0 Å². The van der Waals surface area contributed by atoms with Gasteiger partial charge in [0.05, 0.1) is 0 Å². The van der Waals surface area contributed by atoms with Crippen LogP contribution in [0.3, 0.4) is 0 Å². The van der Waals surface area contributed by atoms with E-state index in [1.165, 1.54) is 0 Å². The van der Waals surface area contributed by atoms with E-state index in [1.807, 2.05) is 0 Å². The number of aliphatic imine (C=N–C) groups is 1. The van der Waals surface area contributed by atoms with Gasteiger partial charge in [0, 0.05) is 27.3 Å². The maximum Gasteiger partial charge on any atom is 0.205 e. The Bertz CT molecular complexity index is 180. The third-order valence-electron chi connectivity index (χ3n) is 2.08. The largest absolute Gasteiger partial charge is 0.385 e. The molecule has 5 nitrogen and oxygen atoms in total. The Kier molecular flexibility index (Phi) is 6.23. The summed E-state index contributed by atoms with van der Waals surface area (Å²) < 4.78 is 5.04. The van der Waals surface area contributed by atoms with Gasteiger partial charge in [0.15, 0.2) is 0 Å². The van der Waals surface area contributed by atoms with Crippen molar-refractivity contribution in [1.29, 1.82) is 0 Å². The first-order valence-corrected chi connectivity index (χ1v) is 4.72. The summed E-state index contributed by atoms with van der Waals surface area (Å²) in [5.41, 5.74) is 2.66. The molecule has 0 spiro atoms. The lowest BCUT2D eigenvalue weighted by molar-refractivity contribution is 0.153. The Morgan fingerprint density at radius 1 is 1.50 bits per heavy atom. The molecule has 0 aliphatic rings. The fourth-order valence-corrected chi connectivity index (χ4v) is 0.984. The van der Waals surface area contributed by atoms with Crippen molar-refractivity contribution in [3.63, 3.8) is 0 Å². The minimum Gasteiger partial charge on any atom is -0.385 e. The van der Waals surface area contributed by atoms with E-state index >= 15 is 0 Å². The number of nitrogens with one attached hydrogen (secondary N) is 2. The van der Waals surface area contributed by atoms with Crippen LogP contribution in [0.15, 0.2) is 4.99 Å². The third-order valence-corrected chi connectivity index (χ3v) is 2.08. The van der Waals surface area contributed by atoms with E-state index in [0.29, 0.717) is 5.96 Å². The minimum atomic E-state index is 0.169. The normalized spacial score (nSPS) is 12.8. The molecule has 5 heteroatoms. The van der Waals surface area contributed by atoms with Gasteiger partial charge in [-0.1, -0.05) is 13.8 Å². The van der Waals surface area contributed by atoms with Crippen LogP contribution >= 0.6 is 0 Å². The Morgan fingerprint density at radius 3 is 2.57 bits per heavy atom. The molecule has 0 aliphatic heterocycles. The zero-order chi connectivity index (χ0) is 11.0. The van der Waals surface area contributed by atoms with E-state index in [1.54, 1.807) is 14.2 Å². The van der Waals surface area contributed by atoms with Crippen LogP contribution < -0.4 is 16.6 Å². The maximum absolute atomic E-state index is 5.24. The van der Waals surface area contributed by atoms with Crippen molar-refractivity contribution in [2.45, 2.75) is 20.3 Å². The molecule has 0 atom stereocenters. The third kappa shape index (κ3) is 5.77. The highest BCUT2D eigenvalue weighted by molar-refractivity contribution is 5.78. The summed E-state index contributed by atoms with van der Waals surface area (Å²) in [6, 6.07) is 0. The second-order valence-corrected chi connectivity index (χ2v) is 3.98. The summed E-state index contributed by atoms with van der Waals surface area (Å²) in [7, 11) is 3.40. The molecule has 0 aliphatic carbocycles. The van der Waals surface area contributed by atoms with Crippen molar-refractivity contribution in [2.75, 3.05) is 27.3 Å². The minimum absolute atomic E-state index is 0.169. The van der Waals surface area contributed by atoms with E-state index in [9.17, 15) is 0 Å². The number of rotatable bonds is 5. The number of hydrogen-bond donors (Lipinski definition) is 3. The van der Waals surface area contributed by atoms with Crippen molar-refractivity contribution in [3.05, 3.63) is 0 Å². The van der Waals surface area contributed by atoms with E-state index in [0.717, 1.165) is 19.6 Å². The van der Waals surface area contributed by atoms with Crippen LogP contribution in [0.4, 0.5) is 0 Å². The second-order valence-electron chi connectivity index (χ2n) is 3.98. The quantitative estimate of drug-likeness (QED) is 0.256.